The second kappa shape index (κ2) is 4.59. The zero-order chi connectivity index (χ0) is 11.4. The van der Waals surface area contributed by atoms with Crippen molar-refractivity contribution in [3.05, 3.63) is 35.9 Å². The standard InChI is InChI=1S/C11H12FNO3/c12-11(6-13-7-11)8-15-16-10(14)9-4-2-1-3-5-9/h1-5,13H,6-8H2. The van der Waals surface area contributed by atoms with Gasteiger partial charge in [0.15, 0.2) is 5.67 Å². The third kappa shape index (κ3) is 2.56. The van der Waals surface area contributed by atoms with Crippen molar-refractivity contribution < 1.29 is 19.0 Å². The van der Waals surface area contributed by atoms with E-state index in [4.69, 9.17) is 0 Å². The van der Waals surface area contributed by atoms with Crippen molar-refractivity contribution in [3.8, 4) is 0 Å². The third-order valence-corrected chi connectivity index (χ3v) is 2.35. The summed E-state index contributed by atoms with van der Waals surface area (Å²) in [4.78, 5) is 20.4. The number of carbonyl (C=O) groups is 1. The Hall–Kier alpha value is -1.46. The van der Waals surface area contributed by atoms with E-state index < -0.39 is 11.6 Å². The van der Waals surface area contributed by atoms with Gasteiger partial charge in [-0.15, -0.1) is 0 Å². The Labute approximate surface area is 92.3 Å². The molecule has 0 bridgehead atoms. The number of halogens is 1. The SMILES string of the molecule is O=C(OOCC1(F)CNC1)c1ccccc1. The van der Waals surface area contributed by atoms with Gasteiger partial charge in [-0.2, -0.15) is 4.89 Å². The van der Waals surface area contributed by atoms with Crippen LogP contribution in [0.5, 0.6) is 0 Å². The first-order valence-corrected chi connectivity index (χ1v) is 4.98. The van der Waals surface area contributed by atoms with Crippen LogP contribution in [0.25, 0.3) is 0 Å². The van der Waals surface area contributed by atoms with Crippen molar-refractivity contribution in [2.24, 2.45) is 0 Å². The average Bonchev–Trinajstić information content (AvgIpc) is 2.28. The summed E-state index contributed by atoms with van der Waals surface area (Å²) < 4.78 is 13.4. The molecule has 0 spiro atoms. The van der Waals surface area contributed by atoms with Crippen molar-refractivity contribution in [3.63, 3.8) is 0 Å². The summed E-state index contributed by atoms with van der Waals surface area (Å²) in [5.41, 5.74) is -1.03. The second-order valence-electron chi connectivity index (χ2n) is 3.75. The van der Waals surface area contributed by atoms with Gasteiger partial charge in [-0.05, 0) is 12.1 Å². The first kappa shape index (κ1) is 11.0. The number of nitrogens with one attached hydrogen (secondary N) is 1. The largest absolute Gasteiger partial charge is 0.373 e. The normalized spacial score (nSPS) is 17.6. The zero-order valence-electron chi connectivity index (χ0n) is 8.61. The van der Waals surface area contributed by atoms with Crippen molar-refractivity contribution >= 4 is 5.97 Å². The van der Waals surface area contributed by atoms with Crippen LogP contribution in [0.4, 0.5) is 4.39 Å². The number of alkyl halides is 1. The van der Waals surface area contributed by atoms with E-state index in [9.17, 15) is 9.18 Å². The first-order chi connectivity index (χ1) is 7.70. The van der Waals surface area contributed by atoms with Crippen LogP contribution in [-0.4, -0.2) is 31.3 Å². The molecule has 1 aliphatic heterocycles. The fourth-order valence-corrected chi connectivity index (χ4v) is 1.31. The molecule has 2 rings (SSSR count). The number of hydrogen-bond donors (Lipinski definition) is 1. The Bertz CT molecular complexity index is 365. The Morgan fingerprint density at radius 2 is 2.06 bits per heavy atom. The fourth-order valence-electron chi connectivity index (χ4n) is 1.31. The molecule has 0 aliphatic carbocycles. The lowest BCUT2D eigenvalue weighted by molar-refractivity contribution is -0.264. The summed E-state index contributed by atoms with van der Waals surface area (Å²) >= 11 is 0. The summed E-state index contributed by atoms with van der Waals surface area (Å²) in [6, 6.07) is 8.41. The van der Waals surface area contributed by atoms with Gasteiger partial charge in [-0.1, -0.05) is 18.2 Å². The van der Waals surface area contributed by atoms with Crippen LogP contribution in [0.2, 0.25) is 0 Å². The van der Waals surface area contributed by atoms with Gasteiger partial charge in [0.25, 0.3) is 0 Å². The lowest BCUT2D eigenvalue weighted by atomic mass is 10.0. The maximum absolute atomic E-state index is 13.4. The molecule has 0 unspecified atom stereocenters. The molecule has 1 aromatic carbocycles. The Morgan fingerprint density at radius 3 is 2.62 bits per heavy atom. The maximum atomic E-state index is 13.4. The lowest BCUT2D eigenvalue weighted by Crippen LogP contribution is -2.59. The predicted molar refractivity (Wildman–Crippen MR) is 54.5 cm³/mol. The molecule has 1 heterocycles. The van der Waals surface area contributed by atoms with Crippen molar-refractivity contribution in [2.75, 3.05) is 19.7 Å². The molecular formula is C11H12FNO3. The van der Waals surface area contributed by atoms with Crippen LogP contribution in [0.3, 0.4) is 0 Å². The molecule has 5 heteroatoms. The van der Waals surface area contributed by atoms with E-state index in [1.165, 1.54) is 0 Å². The maximum Gasteiger partial charge on any atom is 0.373 e. The first-order valence-electron chi connectivity index (χ1n) is 4.98. The van der Waals surface area contributed by atoms with Crippen molar-refractivity contribution in [2.45, 2.75) is 5.67 Å². The van der Waals surface area contributed by atoms with E-state index >= 15 is 0 Å². The van der Waals surface area contributed by atoms with E-state index in [-0.39, 0.29) is 19.7 Å². The van der Waals surface area contributed by atoms with Crippen molar-refractivity contribution in [1.82, 2.24) is 5.32 Å². The number of carbonyl (C=O) groups excluding carboxylic acids is 1. The molecule has 1 fully saturated rings. The van der Waals surface area contributed by atoms with Crippen LogP contribution in [0, 0.1) is 0 Å². The van der Waals surface area contributed by atoms with E-state index in [2.05, 4.69) is 15.1 Å². The highest BCUT2D eigenvalue weighted by Crippen LogP contribution is 2.16. The smallest absolute Gasteiger partial charge is 0.310 e. The summed E-state index contributed by atoms with van der Waals surface area (Å²) in [5.74, 6) is -0.614. The van der Waals surface area contributed by atoms with Crippen LogP contribution >= 0.6 is 0 Å². The number of hydrogen-bond acceptors (Lipinski definition) is 4. The van der Waals surface area contributed by atoms with Crippen LogP contribution in [-0.2, 0) is 9.78 Å². The minimum absolute atomic E-state index is 0.232. The molecule has 4 nitrogen and oxygen atoms in total. The predicted octanol–water partition coefficient (Wildman–Crippen LogP) is 1.09. The monoisotopic (exact) mass is 225 g/mol. The summed E-state index contributed by atoms with van der Waals surface area (Å²) in [6.45, 7) is 0.227. The van der Waals surface area contributed by atoms with E-state index in [0.29, 0.717) is 5.56 Å². The van der Waals surface area contributed by atoms with E-state index in [0.717, 1.165) is 0 Å². The van der Waals surface area contributed by atoms with Crippen LogP contribution in [0.1, 0.15) is 10.4 Å². The average molecular weight is 225 g/mol. The Kier molecular flexibility index (Phi) is 3.17. The molecule has 1 aliphatic rings. The summed E-state index contributed by atoms with van der Waals surface area (Å²) in [5, 5.41) is 2.78. The molecule has 0 amide bonds. The quantitative estimate of drug-likeness (QED) is 0.615. The van der Waals surface area contributed by atoms with Gasteiger partial charge in [-0.3, -0.25) is 4.89 Å². The van der Waals surface area contributed by atoms with Crippen LogP contribution in [0.15, 0.2) is 30.3 Å². The zero-order valence-corrected chi connectivity index (χ0v) is 8.61. The molecule has 1 aromatic rings. The Morgan fingerprint density at radius 1 is 1.38 bits per heavy atom. The van der Waals surface area contributed by atoms with Crippen LogP contribution < -0.4 is 5.32 Å². The van der Waals surface area contributed by atoms with Gasteiger partial charge in [0.2, 0.25) is 0 Å². The molecule has 1 saturated heterocycles. The molecule has 1 N–H and O–H groups in total. The lowest BCUT2D eigenvalue weighted by Gasteiger charge is -2.33. The van der Waals surface area contributed by atoms with E-state index in [1.54, 1.807) is 30.3 Å². The minimum atomic E-state index is -1.41. The molecule has 86 valence electrons. The highest BCUT2D eigenvalue weighted by molar-refractivity contribution is 5.88. The Balaban J connectivity index is 1.76. The number of rotatable bonds is 4. The van der Waals surface area contributed by atoms with E-state index in [1.807, 2.05) is 0 Å². The van der Waals surface area contributed by atoms with Gasteiger partial charge in [0.1, 0.15) is 6.61 Å². The van der Waals surface area contributed by atoms with Gasteiger partial charge >= 0.3 is 5.97 Å². The van der Waals surface area contributed by atoms with Crippen molar-refractivity contribution in [1.29, 1.82) is 0 Å². The molecule has 0 radical (unpaired) electrons. The minimum Gasteiger partial charge on any atom is -0.310 e. The van der Waals surface area contributed by atoms with Gasteiger partial charge in [0, 0.05) is 13.1 Å². The summed E-state index contributed by atoms with van der Waals surface area (Å²) in [6.07, 6.45) is 0. The highest BCUT2D eigenvalue weighted by Gasteiger charge is 2.38. The summed E-state index contributed by atoms with van der Waals surface area (Å²) in [7, 11) is 0. The highest BCUT2D eigenvalue weighted by atomic mass is 19.1. The second-order valence-corrected chi connectivity index (χ2v) is 3.75. The van der Waals surface area contributed by atoms with Gasteiger partial charge in [0.05, 0.1) is 5.56 Å². The molecule has 0 aromatic heterocycles. The fraction of sp³-hybridized carbons (Fsp3) is 0.364. The molecule has 16 heavy (non-hydrogen) atoms. The topological polar surface area (TPSA) is 47.6 Å². The van der Waals surface area contributed by atoms with Gasteiger partial charge in [-0.25, -0.2) is 9.18 Å². The van der Waals surface area contributed by atoms with Gasteiger partial charge < -0.3 is 5.32 Å². The molecular weight excluding hydrogens is 213 g/mol. The third-order valence-electron chi connectivity index (χ3n) is 2.35. The molecule has 0 atom stereocenters. The molecule has 0 saturated carbocycles. The number of benzene rings is 1.